The Bertz CT molecular complexity index is 353. The summed E-state index contributed by atoms with van der Waals surface area (Å²) in [6.07, 6.45) is 2.34. The average molecular weight is 194 g/mol. The Hall–Kier alpha value is -1.32. The van der Waals surface area contributed by atoms with E-state index < -0.39 is 0 Å². The highest BCUT2D eigenvalue weighted by Gasteiger charge is 2.27. The monoisotopic (exact) mass is 194 g/mol. The van der Waals surface area contributed by atoms with Crippen molar-refractivity contribution in [3.8, 4) is 0 Å². The standard InChI is InChI=1S/C10H14N2O2/c1-3-14-10(13)9-6-7(2)12(11-9)8-4-5-8/h6,8H,3-5H2,1-2H3. The number of hydrogen-bond donors (Lipinski definition) is 0. The number of carbonyl (C=O) groups excluding carboxylic acids is 1. The van der Waals surface area contributed by atoms with Gasteiger partial charge in [-0.1, -0.05) is 0 Å². The number of aromatic nitrogens is 2. The molecule has 0 spiro atoms. The first-order valence-corrected chi connectivity index (χ1v) is 4.95. The molecule has 1 aromatic heterocycles. The van der Waals surface area contributed by atoms with Crippen LogP contribution < -0.4 is 0 Å². The lowest BCUT2D eigenvalue weighted by atomic mass is 10.4. The van der Waals surface area contributed by atoms with Crippen LogP contribution in [0.1, 0.15) is 42.0 Å². The van der Waals surface area contributed by atoms with Gasteiger partial charge in [0.2, 0.25) is 0 Å². The Morgan fingerprint density at radius 1 is 1.71 bits per heavy atom. The highest BCUT2D eigenvalue weighted by Crippen LogP contribution is 2.35. The molecule has 4 heteroatoms. The molecule has 0 amide bonds. The maximum Gasteiger partial charge on any atom is 0.358 e. The summed E-state index contributed by atoms with van der Waals surface area (Å²) in [6.45, 7) is 4.16. The van der Waals surface area contributed by atoms with Crippen LogP contribution in [0.2, 0.25) is 0 Å². The molecule has 0 bridgehead atoms. The molecule has 76 valence electrons. The van der Waals surface area contributed by atoms with Crippen LogP contribution in [0.5, 0.6) is 0 Å². The predicted octanol–water partition coefficient (Wildman–Crippen LogP) is 1.70. The van der Waals surface area contributed by atoms with E-state index >= 15 is 0 Å². The molecule has 1 saturated carbocycles. The van der Waals surface area contributed by atoms with Crippen LogP contribution in [0, 0.1) is 6.92 Å². The molecule has 0 unspecified atom stereocenters. The Kier molecular flexibility index (Phi) is 2.27. The van der Waals surface area contributed by atoms with Gasteiger partial charge in [0.15, 0.2) is 5.69 Å². The Balaban J connectivity index is 2.18. The number of nitrogens with zero attached hydrogens (tertiary/aromatic N) is 2. The van der Waals surface area contributed by atoms with E-state index in [4.69, 9.17) is 4.74 Å². The number of ether oxygens (including phenoxy) is 1. The zero-order chi connectivity index (χ0) is 10.1. The van der Waals surface area contributed by atoms with Gasteiger partial charge in [0.1, 0.15) is 0 Å². The van der Waals surface area contributed by atoms with Crippen LogP contribution >= 0.6 is 0 Å². The second kappa shape index (κ2) is 3.44. The minimum atomic E-state index is -0.324. The van der Waals surface area contributed by atoms with Crippen molar-refractivity contribution < 1.29 is 9.53 Å². The fourth-order valence-corrected chi connectivity index (χ4v) is 1.48. The minimum Gasteiger partial charge on any atom is -0.461 e. The van der Waals surface area contributed by atoms with E-state index in [0.717, 1.165) is 5.69 Å². The van der Waals surface area contributed by atoms with Crippen LogP contribution in [0.25, 0.3) is 0 Å². The van der Waals surface area contributed by atoms with E-state index in [1.807, 2.05) is 11.6 Å². The molecular formula is C10H14N2O2. The SMILES string of the molecule is CCOC(=O)c1cc(C)n(C2CC2)n1. The summed E-state index contributed by atoms with van der Waals surface area (Å²) in [5, 5.41) is 4.23. The topological polar surface area (TPSA) is 44.1 Å². The van der Waals surface area contributed by atoms with E-state index in [0.29, 0.717) is 18.3 Å². The molecule has 0 radical (unpaired) electrons. The first-order valence-electron chi connectivity index (χ1n) is 4.95. The van der Waals surface area contributed by atoms with Crippen molar-refractivity contribution in [2.75, 3.05) is 6.61 Å². The van der Waals surface area contributed by atoms with Crippen LogP contribution in [0.15, 0.2) is 6.07 Å². The van der Waals surface area contributed by atoms with Gasteiger partial charge >= 0.3 is 5.97 Å². The van der Waals surface area contributed by atoms with Crippen molar-refractivity contribution in [1.29, 1.82) is 0 Å². The summed E-state index contributed by atoms with van der Waals surface area (Å²) in [6, 6.07) is 2.30. The van der Waals surface area contributed by atoms with E-state index in [9.17, 15) is 4.79 Å². The third-order valence-corrected chi connectivity index (χ3v) is 2.30. The minimum absolute atomic E-state index is 0.324. The third-order valence-electron chi connectivity index (χ3n) is 2.30. The molecule has 4 nitrogen and oxygen atoms in total. The smallest absolute Gasteiger partial charge is 0.358 e. The largest absolute Gasteiger partial charge is 0.461 e. The Labute approximate surface area is 82.9 Å². The summed E-state index contributed by atoms with van der Waals surface area (Å²) in [4.78, 5) is 11.4. The fraction of sp³-hybridized carbons (Fsp3) is 0.600. The van der Waals surface area contributed by atoms with Gasteiger partial charge in [-0.15, -0.1) is 0 Å². The molecule has 14 heavy (non-hydrogen) atoms. The summed E-state index contributed by atoms with van der Waals surface area (Å²) < 4.78 is 6.80. The predicted molar refractivity (Wildman–Crippen MR) is 51.2 cm³/mol. The molecule has 0 saturated heterocycles. The lowest BCUT2D eigenvalue weighted by molar-refractivity contribution is 0.0518. The van der Waals surface area contributed by atoms with Crippen LogP contribution in [-0.4, -0.2) is 22.4 Å². The van der Waals surface area contributed by atoms with Crippen LogP contribution in [0.4, 0.5) is 0 Å². The summed E-state index contributed by atoms with van der Waals surface area (Å²) in [5.41, 5.74) is 1.46. The maximum absolute atomic E-state index is 11.4. The van der Waals surface area contributed by atoms with E-state index in [1.54, 1.807) is 13.0 Å². The molecule has 0 N–H and O–H groups in total. The lowest BCUT2D eigenvalue weighted by Crippen LogP contribution is -2.06. The van der Waals surface area contributed by atoms with Gasteiger partial charge in [0.25, 0.3) is 0 Å². The number of carbonyl (C=O) groups is 1. The van der Waals surface area contributed by atoms with Gasteiger partial charge in [0.05, 0.1) is 12.6 Å². The van der Waals surface area contributed by atoms with Crippen molar-refractivity contribution in [2.45, 2.75) is 32.7 Å². The van der Waals surface area contributed by atoms with Gasteiger partial charge in [-0.25, -0.2) is 4.79 Å². The van der Waals surface area contributed by atoms with Gasteiger partial charge < -0.3 is 4.74 Å². The molecule has 1 aliphatic carbocycles. The van der Waals surface area contributed by atoms with E-state index in [2.05, 4.69) is 5.10 Å². The van der Waals surface area contributed by atoms with Crippen molar-refractivity contribution >= 4 is 5.97 Å². The van der Waals surface area contributed by atoms with Crippen molar-refractivity contribution in [2.24, 2.45) is 0 Å². The van der Waals surface area contributed by atoms with Crippen molar-refractivity contribution in [3.05, 3.63) is 17.5 Å². The fourth-order valence-electron chi connectivity index (χ4n) is 1.48. The lowest BCUT2D eigenvalue weighted by Gasteiger charge is -1.99. The molecular weight excluding hydrogens is 180 g/mol. The quantitative estimate of drug-likeness (QED) is 0.688. The van der Waals surface area contributed by atoms with Gasteiger partial charge in [0, 0.05) is 5.69 Å². The van der Waals surface area contributed by atoms with Crippen LogP contribution in [-0.2, 0) is 4.74 Å². The normalized spacial score (nSPS) is 15.6. The molecule has 0 aromatic carbocycles. The zero-order valence-electron chi connectivity index (χ0n) is 8.49. The van der Waals surface area contributed by atoms with Crippen LogP contribution in [0.3, 0.4) is 0 Å². The summed E-state index contributed by atoms with van der Waals surface area (Å²) in [7, 11) is 0. The maximum atomic E-state index is 11.4. The highest BCUT2D eigenvalue weighted by atomic mass is 16.5. The number of rotatable bonds is 3. The van der Waals surface area contributed by atoms with E-state index in [-0.39, 0.29) is 5.97 Å². The third kappa shape index (κ3) is 1.64. The van der Waals surface area contributed by atoms with Crippen molar-refractivity contribution in [3.63, 3.8) is 0 Å². The first kappa shape index (κ1) is 9.24. The molecule has 0 atom stereocenters. The molecule has 1 aliphatic rings. The molecule has 0 aliphatic heterocycles. The zero-order valence-corrected chi connectivity index (χ0v) is 8.49. The first-order chi connectivity index (χ1) is 6.72. The molecule has 1 fully saturated rings. The second-order valence-electron chi connectivity index (χ2n) is 3.57. The highest BCUT2D eigenvalue weighted by molar-refractivity contribution is 5.87. The van der Waals surface area contributed by atoms with E-state index in [1.165, 1.54) is 12.8 Å². The molecule has 1 aromatic rings. The summed E-state index contributed by atoms with van der Waals surface area (Å²) >= 11 is 0. The number of hydrogen-bond acceptors (Lipinski definition) is 3. The Morgan fingerprint density at radius 3 is 3.00 bits per heavy atom. The number of aryl methyl sites for hydroxylation is 1. The second-order valence-corrected chi connectivity index (χ2v) is 3.57. The average Bonchev–Trinajstić information content (AvgIpc) is 2.91. The molecule has 2 rings (SSSR count). The van der Waals surface area contributed by atoms with Crippen molar-refractivity contribution in [1.82, 2.24) is 9.78 Å². The molecule has 1 heterocycles. The number of esters is 1. The van der Waals surface area contributed by atoms with Gasteiger partial charge in [-0.05, 0) is 32.8 Å². The van der Waals surface area contributed by atoms with Gasteiger partial charge in [-0.3, -0.25) is 4.68 Å². The van der Waals surface area contributed by atoms with Gasteiger partial charge in [-0.2, -0.15) is 5.10 Å². The summed E-state index contributed by atoms with van der Waals surface area (Å²) in [5.74, 6) is -0.324. The Morgan fingerprint density at radius 2 is 2.43 bits per heavy atom.